The zero-order valence-electron chi connectivity index (χ0n) is 17.6. The van der Waals surface area contributed by atoms with Gasteiger partial charge in [-0.2, -0.15) is 0 Å². The molecular formula is C23H31N3O3. The van der Waals surface area contributed by atoms with E-state index in [-0.39, 0.29) is 6.03 Å². The van der Waals surface area contributed by atoms with Crippen LogP contribution >= 0.6 is 0 Å². The molecule has 0 saturated carbocycles. The van der Waals surface area contributed by atoms with Crippen LogP contribution in [0, 0.1) is 6.92 Å². The Morgan fingerprint density at radius 3 is 2.41 bits per heavy atom. The van der Waals surface area contributed by atoms with Crippen molar-refractivity contribution in [3.8, 4) is 11.5 Å². The van der Waals surface area contributed by atoms with E-state index in [1.165, 1.54) is 11.1 Å². The molecule has 6 nitrogen and oxygen atoms in total. The highest BCUT2D eigenvalue weighted by molar-refractivity contribution is 5.74. The number of nitrogens with zero attached hydrogens (tertiary/aromatic N) is 2. The Kier molecular flexibility index (Phi) is 7.36. The van der Waals surface area contributed by atoms with Crippen LogP contribution in [0.4, 0.5) is 4.79 Å². The van der Waals surface area contributed by atoms with Gasteiger partial charge in [-0.05, 0) is 42.2 Å². The molecule has 3 rings (SSSR count). The Balaban J connectivity index is 1.41. The van der Waals surface area contributed by atoms with E-state index in [1.807, 2.05) is 23.1 Å². The van der Waals surface area contributed by atoms with Gasteiger partial charge < -0.3 is 19.7 Å². The molecule has 1 aliphatic heterocycles. The number of hydrogen-bond acceptors (Lipinski definition) is 4. The average Bonchev–Trinajstić information content (AvgIpc) is 2.75. The number of benzene rings is 2. The maximum atomic E-state index is 12.5. The van der Waals surface area contributed by atoms with Gasteiger partial charge in [-0.25, -0.2) is 4.79 Å². The first-order chi connectivity index (χ1) is 14.1. The minimum Gasteiger partial charge on any atom is -0.493 e. The second-order valence-electron chi connectivity index (χ2n) is 7.36. The van der Waals surface area contributed by atoms with Crippen LogP contribution in [0.2, 0.25) is 0 Å². The highest BCUT2D eigenvalue weighted by Crippen LogP contribution is 2.27. The van der Waals surface area contributed by atoms with Gasteiger partial charge in [0.05, 0.1) is 14.2 Å². The summed E-state index contributed by atoms with van der Waals surface area (Å²) in [5, 5.41) is 3.04. The number of hydrogen-bond donors (Lipinski definition) is 1. The first-order valence-electron chi connectivity index (χ1n) is 10.1. The number of carbonyl (C=O) groups excluding carboxylic acids is 1. The molecule has 0 unspecified atom stereocenters. The maximum absolute atomic E-state index is 12.5. The topological polar surface area (TPSA) is 54.0 Å². The van der Waals surface area contributed by atoms with E-state index >= 15 is 0 Å². The van der Waals surface area contributed by atoms with Crippen molar-refractivity contribution in [2.24, 2.45) is 0 Å². The molecule has 0 bridgehead atoms. The molecule has 1 N–H and O–H groups in total. The molecule has 1 fully saturated rings. The van der Waals surface area contributed by atoms with Crippen molar-refractivity contribution in [1.82, 2.24) is 15.1 Å². The fraction of sp³-hybridized carbons (Fsp3) is 0.435. The van der Waals surface area contributed by atoms with E-state index < -0.39 is 0 Å². The Hall–Kier alpha value is -2.73. The quantitative estimate of drug-likeness (QED) is 0.780. The number of carbonyl (C=O) groups is 1. The number of piperazine rings is 1. The summed E-state index contributed by atoms with van der Waals surface area (Å²) in [4.78, 5) is 16.8. The van der Waals surface area contributed by atoms with Crippen LogP contribution in [0.3, 0.4) is 0 Å². The van der Waals surface area contributed by atoms with Crippen molar-refractivity contribution in [1.29, 1.82) is 0 Å². The summed E-state index contributed by atoms with van der Waals surface area (Å²) in [6, 6.07) is 14.4. The third-order valence-electron chi connectivity index (χ3n) is 5.45. The second-order valence-corrected chi connectivity index (χ2v) is 7.36. The van der Waals surface area contributed by atoms with E-state index in [2.05, 4.69) is 41.4 Å². The van der Waals surface area contributed by atoms with Crippen molar-refractivity contribution in [2.75, 3.05) is 46.9 Å². The van der Waals surface area contributed by atoms with E-state index in [1.54, 1.807) is 14.2 Å². The molecule has 1 heterocycles. The molecule has 2 aromatic carbocycles. The monoisotopic (exact) mass is 397 g/mol. The molecule has 156 valence electrons. The first kappa shape index (κ1) is 21.0. The van der Waals surface area contributed by atoms with Gasteiger partial charge in [0.15, 0.2) is 11.5 Å². The molecule has 2 aromatic rings. The highest BCUT2D eigenvalue weighted by atomic mass is 16.5. The molecule has 0 radical (unpaired) electrons. The number of amides is 2. The van der Waals surface area contributed by atoms with Gasteiger partial charge in [-0.1, -0.05) is 30.3 Å². The highest BCUT2D eigenvalue weighted by Gasteiger charge is 2.21. The minimum absolute atomic E-state index is 0.0148. The Morgan fingerprint density at radius 1 is 1.00 bits per heavy atom. The lowest BCUT2D eigenvalue weighted by atomic mass is 10.1. The van der Waals surface area contributed by atoms with Crippen LogP contribution in [-0.2, 0) is 13.0 Å². The van der Waals surface area contributed by atoms with Crippen molar-refractivity contribution in [3.63, 3.8) is 0 Å². The SMILES string of the molecule is COc1ccc(CCNC(=O)N2CCN(Cc3ccccc3C)CC2)cc1OC. The molecule has 0 spiro atoms. The van der Waals surface area contributed by atoms with Crippen LogP contribution < -0.4 is 14.8 Å². The van der Waals surface area contributed by atoms with Crippen molar-refractivity contribution < 1.29 is 14.3 Å². The predicted molar refractivity (Wildman–Crippen MR) is 115 cm³/mol. The van der Waals surface area contributed by atoms with E-state index in [0.717, 1.165) is 44.7 Å². The third kappa shape index (κ3) is 5.64. The summed E-state index contributed by atoms with van der Waals surface area (Å²) in [5.74, 6) is 1.42. The van der Waals surface area contributed by atoms with Crippen molar-refractivity contribution in [2.45, 2.75) is 19.9 Å². The number of aryl methyl sites for hydroxylation is 1. The normalized spacial score (nSPS) is 14.5. The van der Waals surface area contributed by atoms with Crippen molar-refractivity contribution >= 4 is 6.03 Å². The van der Waals surface area contributed by atoms with Crippen LogP contribution in [0.25, 0.3) is 0 Å². The zero-order valence-corrected chi connectivity index (χ0v) is 17.6. The zero-order chi connectivity index (χ0) is 20.6. The molecule has 6 heteroatoms. The van der Waals surface area contributed by atoms with Crippen molar-refractivity contribution in [3.05, 3.63) is 59.2 Å². The fourth-order valence-corrected chi connectivity index (χ4v) is 3.60. The number of nitrogens with one attached hydrogen (secondary N) is 1. The summed E-state index contributed by atoms with van der Waals surface area (Å²) in [6.07, 6.45) is 0.749. The van der Waals surface area contributed by atoms with Gasteiger partial charge in [0.25, 0.3) is 0 Å². The van der Waals surface area contributed by atoms with Crippen LogP contribution in [-0.4, -0.2) is 62.8 Å². The third-order valence-corrected chi connectivity index (χ3v) is 5.45. The first-order valence-corrected chi connectivity index (χ1v) is 10.1. The van der Waals surface area contributed by atoms with E-state index in [0.29, 0.717) is 18.0 Å². The van der Waals surface area contributed by atoms with Crippen LogP contribution in [0.15, 0.2) is 42.5 Å². The Labute approximate surface area is 173 Å². The number of methoxy groups -OCH3 is 2. The number of ether oxygens (including phenoxy) is 2. The summed E-state index contributed by atoms with van der Waals surface area (Å²) >= 11 is 0. The van der Waals surface area contributed by atoms with Gasteiger partial charge in [0.1, 0.15) is 0 Å². The predicted octanol–water partition coefficient (Wildman–Crippen LogP) is 3.08. The number of urea groups is 1. The molecule has 2 amide bonds. The summed E-state index contributed by atoms with van der Waals surface area (Å²) in [5.41, 5.74) is 3.79. The summed E-state index contributed by atoms with van der Waals surface area (Å²) in [7, 11) is 3.25. The average molecular weight is 398 g/mol. The molecular weight excluding hydrogens is 366 g/mol. The molecule has 0 aromatic heterocycles. The smallest absolute Gasteiger partial charge is 0.317 e. The van der Waals surface area contributed by atoms with E-state index in [4.69, 9.17) is 9.47 Å². The van der Waals surface area contributed by atoms with Gasteiger partial charge in [-0.3, -0.25) is 4.90 Å². The second kappa shape index (κ2) is 10.2. The Bertz CT molecular complexity index is 817. The van der Waals surface area contributed by atoms with Gasteiger partial charge in [0.2, 0.25) is 0 Å². The lowest BCUT2D eigenvalue weighted by Gasteiger charge is -2.35. The van der Waals surface area contributed by atoms with Crippen LogP contribution in [0.5, 0.6) is 11.5 Å². The van der Waals surface area contributed by atoms with Gasteiger partial charge in [0, 0.05) is 39.3 Å². The fourth-order valence-electron chi connectivity index (χ4n) is 3.60. The summed E-state index contributed by atoms with van der Waals surface area (Å²) in [6.45, 7) is 7.01. The van der Waals surface area contributed by atoms with Gasteiger partial charge in [-0.15, -0.1) is 0 Å². The molecule has 0 aliphatic carbocycles. The Morgan fingerprint density at radius 2 is 1.72 bits per heavy atom. The van der Waals surface area contributed by atoms with Crippen LogP contribution in [0.1, 0.15) is 16.7 Å². The molecule has 0 atom stereocenters. The summed E-state index contributed by atoms with van der Waals surface area (Å²) < 4.78 is 10.6. The van der Waals surface area contributed by atoms with E-state index in [9.17, 15) is 4.79 Å². The molecule has 1 saturated heterocycles. The van der Waals surface area contributed by atoms with Gasteiger partial charge >= 0.3 is 6.03 Å². The standard InChI is InChI=1S/C23H31N3O3/c1-18-6-4-5-7-20(18)17-25-12-14-26(15-13-25)23(27)24-11-10-19-8-9-21(28-2)22(16-19)29-3/h4-9,16H,10-15,17H2,1-3H3,(H,24,27). The number of rotatable bonds is 7. The lowest BCUT2D eigenvalue weighted by Crippen LogP contribution is -2.51. The molecule has 29 heavy (non-hydrogen) atoms. The minimum atomic E-state index is 0.0148. The maximum Gasteiger partial charge on any atom is 0.317 e. The molecule has 1 aliphatic rings. The largest absolute Gasteiger partial charge is 0.493 e. The lowest BCUT2D eigenvalue weighted by molar-refractivity contribution is 0.135.